The van der Waals surface area contributed by atoms with Crippen LogP contribution in [0.1, 0.15) is 27.0 Å². The van der Waals surface area contributed by atoms with Gasteiger partial charge in [0.05, 0.1) is 0 Å². The summed E-state index contributed by atoms with van der Waals surface area (Å²) in [5.74, 6) is -0.345. The third-order valence-electron chi connectivity index (χ3n) is 6.27. The Morgan fingerprint density at radius 1 is 0.750 bits per heavy atom. The van der Waals surface area contributed by atoms with Crippen LogP contribution in [0.5, 0.6) is 0 Å². The van der Waals surface area contributed by atoms with Crippen LogP contribution in [-0.2, 0) is 19.4 Å². The lowest BCUT2D eigenvalue weighted by Crippen LogP contribution is -2.40. The molecule has 0 aliphatic heterocycles. The molecule has 1 aliphatic rings. The van der Waals surface area contributed by atoms with Gasteiger partial charge in [0.2, 0.25) is 0 Å². The predicted octanol–water partition coefficient (Wildman–Crippen LogP) is 6.30. The number of rotatable bonds is 5. The first kappa shape index (κ1) is 20.2. The second-order valence-corrected chi connectivity index (χ2v) is 8.27. The third kappa shape index (κ3) is 3.94. The van der Waals surface area contributed by atoms with E-state index in [2.05, 4.69) is 12.1 Å². The van der Waals surface area contributed by atoms with Crippen molar-refractivity contribution in [3.05, 3.63) is 131 Å². The number of amides is 1. The minimum Gasteiger partial charge on any atom is -0.331 e. The second kappa shape index (κ2) is 8.80. The molecule has 0 radical (unpaired) electrons. The van der Waals surface area contributed by atoms with Crippen LogP contribution in [0.15, 0.2) is 103 Å². The molecule has 0 saturated heterocycles. The molecule has 0 bridgehead atoms. The summed E-state index contributed by atoms with van der Waals surface area (Å²) >= 11 is 0. The number of carbonyl (C=O) groups excluding carboxylic acids is 1. The van der Waals surface area contributed by atoms with E-state index in [4.69, 9.17) is 0 Å². The van der Waals surface area contributed by atoms with Crippen molar-refractivity contribution in [3.8, 4) is 11.1 Å². The van der Waals surface area contributed by atoms with Gasteiger partial charge in [-0.1, -0.05) is 91.0 Å². The molecule has 0 spiro atoms. The van der Waals surface area contributed by atoms with Crippen LogP contribution in [0.4, 0.5) is 4.39 Å². The van der Waals surface area contributed by atoms with Crippen LogP contribution in [0.25, 0.3) is 11.1 Å². The Morgan fingerprint density at radius 3 is 2.06 bits per heavy atom. The normalized spacial score (nSPS) is 13.0. The molecule has 0 saturated carbocycles. The van der Waals surface area contributed by atoms with E-state index in [1.165, 1.54) is 17.2 Å². The molecule has 3 heteroatoms. The Bertz CT molecular complexity index is 1230. The van der Waals surface area contributed by atoms with Crippen LogP contribution in [0.3, 0.4) is 0 Å². The Morgan fingerprint density at radius 2 is 1.34 bits per heavy atom. The highest BCUT2D eigenvalue weighted by Gasteiger charge is 2.32. The van der Waals surface area contributed by atoms with Gasteiger partial charge in [0, 0.05) is 23.7 Å². The van der Waals surface area contributed by atoms with E-state index in [0.29, 0.717) is 11.1 Å². The van der Waals surface area contributed by atoms with Gasteiger partial charge in [-0.3, -0.25) is 4.79 Å². The third-order valence-corrected chi connectivity index (χ3v) is 6.27. The van der Waals surface area contributed by atoms with Crippen LogP contribution >= 0.6 is 0 Å². The number of fused-ring (bicyclic) bond motifs is 1. The molecule has 0 N–H and O–H groups in total. The molecule has 0 fully saturated rings. The van der Waals surface area contributed by atoms with Gasteiger partial charge in [-0.05, 0) is 47.2 Å². The van der Waals surface area contributed by atoms with E-state index < -0.39 is 0 Å². The van der Waals surface area contributed by atoms with Gasteiger partial charge in [-0.2, -0.15) is 0 Å². The molecular weight excluding hydrogens is 397 g/mol. The molecule has 4 aromatic carbocycles. The number of nitrogens with zero attached hydrogens (tertiary/aromatic N) is 1. The van der Waals surface area contributed by atoms with Crippen molar-refractivity contribution in [2.45, 2.75) is 25.4 Å². The van der Waals surface area contributed by atoms with Gasteiger partial charge in [0.1, 0.15) is 5.82 Å². The van der Waals surface area contributed by atoms with Crippen LogP contribution < -0.4 is 0 Å². The zero-order chi connectivity index (χ0) is 21.9. The van der Waals surface area contributed by atoms with Gasteiger partial charge in [-0.25, -0.2) is 4.39 Å². The minimum absolute atomic E-state index is 0.0108. The average molecular weight is 422 g/mol. The van der Waals surface area contributed by atoms with Gasteiger partial charge in [0.15, 0.2) is 0 Å². The summed E-state index contributed by atoms with van der Waals surface area (Å²) in [6.07, 6.45) is 1.56. The monoisotopic (exact) mass is 421 g/mol. The molecule has 1 aliphatic carbocycles. The van der Waals surface area contributed by atoms with Crippen molar-refractivity contribution >= 4 is 5.91 Å². The molecule has 5 rings (SSSR count). The maximum atomic E-state index is 14.6. The first-order valence-corrected chi connectivity index (χ1v) is 11.0. The van der Waals surface area contributed by atoms with Crippen LogP contribution in [-0.4, -0.2) is 16.8 Å². The maximum absolute atomic E-state index is 14.6. The highest BCUT2D eigenvalue weighted by atomic mass is 19.1. The molecule has 1 amide bonds. The molecule has 0 atom stereocenters. The summed E-state index contributed by atoms with van der Waals surface area (Å²) in [7, 11) is 0. The highest BCUT2D eigenvalue weighted by Crippen LogP contribution is 2.31. The van der Waals surface area contributed by atoms with Crippen molar-refractivity contribution in [1.82, 2.24) is 4.90 Å². The quantitative estimate of drug-likeness (QED) is 0.370. The molecule has 0 aromatic heterocycles. The Balaban J connectivity index is 1.54. The summed E-state index contributed by atoms with van der Waals surface area (Å²) < 4.78 is 14.6. The first-order valence-electron chi connectivity index (χ1n) is 11.0. The van der Waals surface area contributed by atoms with Gasteiger partial charge >= 0.3 is 0 Å². The number of carbonyl (C=O) groups is 1. The number of hydrogen-bond donors (Lipinski definition) is 0. The fourth-order valence-corrected chi connectivity index (χ4v) is 4.63. The Labute approximate surface area is 188 Å². The van der Waals surface area contributed by atoms with Gasteiger partial charge in [-0.15, -0.1) is 0 Å². The lowest BCUT2D eigenvalue weighted by molar-refractivity contribution is 0.0666. The van der Waals surface area contributed by atoms with Crippen molar-refractivity contribution in [2.24, 2.45) is 0 Å². The zero-order valence-electron chi connectivity index (χ0n) is 17.7. The molecular formula is C29H24FNO. The summed E-state index contributed by atoms with van der Waals surface area (Å²) in [6, 6.07) is 32.7. The lowest BCUT2D eigenvalue weighted by Gasteiger charge is -2.30. The Hall–Kier alpha value is -3.72. The Kier molecular flexibility index (Phi) is 5.55. The van der Waals surface area contributed by atoms with E-state index in [1.54, 1.807) is 12.1 Å². The average Bonchev–Trinajstić information content (AvgIpc) is 3.28. The SMILES string of the molecule is O=C(c1ccccc1-c1ccccc1)N(Cc1ccccc1F)C1Cc2ccccc2C1. The van der Waals surface area contributed by atoms with E-state index in [9.17, 15) is 9.18 Å². The highest BCUT2D eigenvalue weighted by molar-refractivity contribution is 6.01. The lowest BCUT2D eigenvalue weighted by atomic mass is 9.97. The minimum atomic E-state index is -0.280. The summed E-state index contributed by atoms with van der Waals surface area (Å²) in [4.78, 5) is 15.9. The van der Waals surface area contributed by atoms with E-state index in [0.717, 1.165) is 24.0 Å². The first-order chi connectivity index (χ1) is 15.7. The summed E-state index contributed by atoms with van der Waals surface area (Å²) in [5.41, 5.74) is 5.60. The predicted molar refractivity (Wildman–Crippen MR) is 126 cm³/mol. The molecule has 0 unspecified atom stereocenters. The van der Waals surface area contributed by atoms with E-state index in [1.807, 2.05) is 77.7 Å². The van der Waals surface area contributed by atoms with Gasteiger partial charge in [0.25, 0.3) is 5.91 Å². The topological polar surface area (TPSA) is 20.3 Å². The van der Waals surface area contributed by atoms with Crippen LogP contribution in [0.2, 0.25) is 0 Å². The van der Waals surface area contributed by atoms with E-state index in [-0.39, 0.29) is 24.3 Å². The zero-order valence-corrected chi connectivity index (χ0v) is 17.7. The standard InChI is InChI=1S/C29H24FNO/c30-28-17-9-6-14-24(28)20-31(25-18-22-12-4-5-13-23(22)19-25)29(32)27-16-8-7-15-26(27)21-10-2-1-3-11-21/h1-17,25H,18-20H2. The number of halogens is 1. The molecule has 32 heavy (non-hydrogen) atoms. The van der Waals surface area contributed by atoms with Crippen LogP contribution in [0, 0.1) is 5.82 Å². The number of benzene rings is 4. The fraction of sp³-hybridized carbons (Fsp3) is 0.138. The van der Waals surface area contributed by atoms with Gasteiger partial charge < -0.3 is 4.90 Å². The maximum Gasteiger partial charge on any atom is 0.255 e. The van der Waals surface area contributed by atoms with Crippen molar-refractivity contribution in [1.29, 1.82) is 0 Å². The molecule has 0 heterocycles. The summed E-state index contributed by atoms with van der Waals surface area (Å²) in [6.45, 7) is 0.243. The molecule has 158 valence electrons. The fourth-order valence-electron chi connectivity index (χ4n) is 4.63. The molecule has 4 aromatic rings. The largest absolute Gasteiger partial charge is 0.331 e. The van der Waals surface area contributed by atoms with Crippen molar-refractivity contribution in [3.63, 3.8) is 0 Å². The summed E-state index contributed by atoms with van der Waals surface area (Å²) in [5, 5.41) is 0. The van der Waals surface area contributed by atoms with Crippen molar-refractivity contribution in [2.75, 3.05) is 0 Å². The second-order valence-electron chi connectivity index (χ2n) is 8.27. The van der Waals surface area contributed by atoms with Crippen molar-refractivity contribution < 1.29 is 9.18 Å². The smallest absolute Gasteiger partial charge is 0.255 e. The number of hydrogen-bond acceptors (Lipinski definition) is 1. The van der Waals surface area contributed by atoms with E-state index >= 15 is 0 Å². The molecule has 2 nitrogen and oxygen atoms in total.